The molecule has 0 aromatic carbocycles. The Morgan fingerprint density at radius 1 is 0.778 bits per heavy atom. The topological polar surface area (TPSA) is 46.0 Å². The standard InChI is InChI=1S/C24H45NO2/c1-4-6-7-8-9-10-11-12-13-14-15-16-17-18-19-20-24(3,5-2)22-21-27-23(26)25-22/h21H,4-20H2,1-3H3,(H,25,26). The van der Waals surface area contributed by atoms with Crippen LogP contribution >= 0.6 is 0 Å². The fraction of sp³-hybridized carbons (Fsp3) is 0.875. The van der Waals surface area contributed by atoms with E-state index in [-0.39, 0.29) is 11.2 Å². The summed E-state index contributed by atoms with van der Waals surface area (Å²) in [6.07, 6.45) is 24.7. The summed E-state index contributed by atoms with van der Waals surface area (Å²) in [5.74, 6) is -0.332. The Balaban J connectivity index is 1.92. The molecule has 1 unspecified atom stereocenters. The Hall–Kier alpha value is -0.990. The van der Waals surface area contributed by atoms with Gasteiger partial charge in [-0.15, -0.1) is 0 Å². The van der Waals surface area contributed by atoms with Crippen LogP contribution in [-0.2, 0) is 5.41 Å². The van der Waals surface area contributed by atoms with Gasteiger partial charge in [-0.05, 0) is 12.8 Å². The Bertz CT molecular complexity index is 504. The minimum absolute atomic E-state index is 0.0443. The molecule has 3 heteroatoms. The van der Waals surface area contributed by atoms with Crippen LogP contribution in [0.3, 0.4) is 0 Å². The molecule has 1 aromatic rings. The molecular weight excluding hydrogens is 334 g/mol. The second-order valence-corrected chi connectivity index (χ2v) is 8.68. The third kappa shape index (κ3) is 10.8. The SMILES string of the molecule is CCCCCCCCCCCCCCCCCC(C)(CC)c1coc(=O)[nH]1. The van der Waals surface area contributed by atoms with Gasteiger partial charge in [0.25, 0.3) is 0 Å². The lowest BCUT2D eigenvalue weighted by Gasteiger charge is -2.26. The molecule has 0 aliphatic rings. The Kier molecular flexibility index (Phi) is 13.4. The molecule has 0 amide bonds. The van der Waals surface area contributed by atoms with Crippen LogP contribution in [-0.4, -0.2) is 4.98 Å². The van der Waals surface area contributed by atoms with E-state index < -0.39 is 0 Å². The fourth-order valence-corrected chi connectivity index (χ4v) is 3.96. The summed E-state index contributed by atoms with van der Waals surface area (Å²) in [7, 11) is 0. The van der Waals surface area contributed by atoms with Crippen LogP contribution in [0.25, 0.3) is 0 Å². The van der Waals surface area contributed by atoms with E-state index in [2.05, 4.69) is 25.8 Å². The zero-order chi connectivity index (χ0) is 19.8. The quantitative estimate of drug-likeness (QED) is 0.263. The lowest BCUT2D eigenvalue weighted by Crippen LogP contribution is -2.22. The number of hydrogen-bond donors (Lipinski definition) is 1. The van der Waals surface area contributed by atoms with Crippen molar-refractivity contribution in [1.82, 2.24) is 4.98 Å². The van der Waals surface area contributed by atoms with Crippen LogP contribution in [0, 0.1) is 0 Å². The molecule has 0 radical (unpaired) electrons. The normalized spacial score (nSPS) is 13.7. The molecule has 158 valence electrons. The highest BCUT2D eigenvalue weighted by molar-refractivity contribution is 5.09. The Labute approximate surface area is 167 Å². The van der Waals surface area contributed by atoms with Crippen LogP contribution < -0.4 is 5.76 Å². The Morgan fingerprint density at radius 2 is 1.22 bits per heavy atom. The molecule has 1 heterocycles. The zero-order valence-electron chi connectivity index (χ0n) is 18.4. The van der Waals surface area contributed by atoms with Gasteiger partial charge >= 0.3 is 5.76 Å². The van der Waals surface area contributed by atoms with Gasteiger partial charge < -0.3 is 4.42 Å². The predicted octanol–water partition coefficient (Wildman–Crippen LogP) is 7.90. The van der Waals surface area contributed by atoms with Gasteiger partial charge in [0.2, 0.25) is 0 Å². The van der Waals surface area contributed by atoms with E-state index in [1.807, 2.05) is 0 Å². The average Bonchev–Trinajstić information content (AvgIpc) is 3.11. The summed E-state index contributed by atoms with van der Waals surface area (Å²) in [5, 5.41) is 0. The summed E-state index contributed by atoms with van der Waals surface area (Å²) in [6.45, 7) is 6.71. The molecule has 0 aliphatic carbocycles. The van der Waals surface area contributed by atoms with E-state index in [4.69, 9.17) is 4.42 Å². The number of unbranched alkanes of at least 4 members (excludes halogenated alkanes) is 14. The summed E-state index contributed by atoms with van der Waals surface area (Å²) in [4.78, 5) is 14.1. The lowest BCUT2D eigenvalue weighted by atomic mass is 9.79. The predicted molar refractivity (Wildman–Crippen MR) is 117 cm³/mol. The monoisotopic (exact) mass is 379 g/mol. The number of nitrogens with one attached hydrogen (secondary N) is 1. The number of oxazole rings is 1. The van der Waals surface area contributed by atoms with Gasteiger partial charge in [0, 0.05) is 5.41 Å². The van der Waals surface area contributed by atoms with Crippen molar-refractivity contribution in [3.63, 3.8) is 0 Å². The van der Waals surface area contributed by atoms with Gasteiger partial charge in [0.15, 0.2) is 0 Å². The van der Waals surface area contributed by atoms with E-state index in [9.17, 15) is 4.79 Å². The maximum absolute atomic E-state index is 11.2. The minimum Gasteiger partial charge on any atom is -0.416 e. The van der Waals surface area contributed by atoms with Gasteiger partial charge in [-0.2, -0.15) is 0 Å². The Morgan fingerprint density at radius 3 is 1.59 bits per heavy atom. The van der Waals surface area contributed by atoms with Gasteiger partial charge in [0.1, 0.15) is 6.26 Å². The van der Waals surface area contributed by atoms with Gasteiger partial charge in [-0.1, -0.05) is 117 Å². The number of rotatable bonds is 18. The van der Waals surface area contributed by atoms with E-state index in [0.717, 1.165) is 18.5 Å². The smallest absolute Gasteiger partial charge is 0.416 e. The number of H-pyrrole nitrogens is 1. The van der Waals surface area contributed by atoms with Crippen molar-refractivity contribution in [2.45, 2.75) is 135 Å². The molecule has 1 N–H and O–H groups in total. The highest BCUT2D eigenvalue weighted by Crippen LogP contribution is 2.31. The van der Waals surface area contributed by atoms with E-state index in [1.165, 1.54) is 96.3 Å². The third-order valence-corrected chi connectivity index (χ3v) is 6.28. The lowest BCUT2D eigenvalue weighted by molar-refractivity contribution is 0.382. The fourth-order valence-electron chi connectivity index (χ4n) is 3.96. The molecule has 1 aromatic heterocycles. The van der Waals surface area contributed by atoms with Crippen LogP contribution in [0.5, 0.6) is 0 Å². The maximum atomic E-state index is 11.2. The first-order chi connectivity index (χ1) is 13.1. The molecule has 0 aliphatic heterocycles. The van der Waals surface area contributed by atoms with Crippen molar-refractivity contribution in [2.24, 2.45) is 0 Å². The van der Waals surface area contributed by atoms with Crippen molar-refractivity contribution in [2.75, 3.05) is 0 Å². The van der Waals surface area contributed by atoms with Crippen molar-refractivity contribution in [3.8, 4) is 0 Å². The molecule has 0 saturated heterocycles. The van der Waals surface area contributed by atoms with Crippen LogP contribution in [0.2, 0.25) is 0 Å². The number of aromatic nitrogens is 1. The highest BCUT2D eigenvalue weighted by atomic mass is 16.4. The first kappa shape index (κ1) is 24.0. The van der Waals surface area contributed by atoms with Crippen molar-refractivity contribution < 1.29 is 4.42 Å². The molecule has 3 nitrogen and oxygen atoms in total. The average molecular weight is 380 g/mol. The zero-order valence-corrected chi connectivity index (χ0v) is 18.4. The first-order valence-electron chi connectivity index (χ1n) is 11.8. The minimum atomic E-state index is -0.332. The van der Waals surface area contributed by atoms with Crippen molar-refractivity contribution in [1.29, 1.82) is 0 Å². The molecule has 0 bridgehead atoms. The van der Waals surface area contributed by atoms with Gasteiger partial charge in [-0.25, -0.2) is 4.79 Å². The molecule has 1 rings (SSSR count). The molecule has 27 heavy (non-hydrogen) atoms. The third-order valence-electron chi connectivity index (χ3n) is 6.28. The van der Waals surface area contributed by atoms with Gasteiger partial charge in [0.05, 0.1) is 5.69 Å². The largest absolute Gasteiger partial charge is 0.416 e. The maximum Gasteiger partial charge on any atom is 0.416 e. The molecule has 0 spiro atoms. The number of aromatic amines is 1. The van der Waals surface area contributed by atoms with Crippen LogP contribution in [0.4, 0.5) is 0 Å². The van der Waals surface area contributed by atoms with Crippen LogP contribution in [0.15, 0.2) is 15.5 Å². The second-order valence-electron chi connectivity index (χ2n) is 8.68. The van der Waals surface area contributed by atoms with E-state index >= 15 is 0 Å². The molecule has 1 atom stereocenters. The van der Waals surface area contributed by atoms with Crippen molar-refractivity contribution >= 4 is 0 Å². The molecule has 0 fully saturated rings. The molecule has 0 saturated carbocycles. The summed E-state index contributed by atoms with van der Waals surface area (Å²) in [6, 6.07) is 0. The van der Waals surface area contributed by atoms with Crippen molar-refractivity contribution in [3.05, 3.63) is 22.5 Å². The first-order valence-corrected chi connectivity index (χ1v) is 11.8. The van der Waals surface area contributed by atoms with Crippen LogP contribution in [0.1, 0.15) is 136 Å². The van der Waals surface area contributed by atoms with E-state index in [0.29, 0.717) is 0 Å². The summed E-state index contributed by atoms with van der Waals surface area (Å²) in [5.41, 5.74) is 1.00. The highest BCUT2D eigenvalue weighted by Gasteiger charge is 2.26. The number of hydrogen-bond acceptors (Lipinski definition) is 2. The van der Waals surface area contributed by atoms with E-state index in [1.54, 1.807) is 6.26 Å². The summed E-state index contributed by atoms with van der Waals surface area (Å²) >= 11 is 0. The van der Waals surface area contributed by atoms with Gasteiger partial charge in [-0.3, -0.25) is 4.98 Å². The molecular formula is C24H45NO2. The second kappa shape index (κ2) is 15.0. The summed E-state index contributed by atoms with van der Waals surface area (Å²) < 4.78 is 4.93.